The Balaban J connectivity index is 2.36. The molecule has 0 aliphatic heterocycles. The van der Waals surface area contributed by atoms with E-state index in [0.29, 0.717) is 0 Å². The van der Waals surface area contributed by atoms with E-state index in [2.05, 4.69) is 26.9 Å². The zero-order valence-corrected chi connectivity index (χ0v) is 8.28. The summed E-state index contributed by atoms with van der Waals surface area (Å²) in [7, 11) is 0. The van der Waals surface area contributed by atoms with E-state index in [1.165, 1.54) is 5.56 Å². The maximum atomic E-state index is 4.33. The Hall–Kier alpha value is -2.10. The van der Waals surface area contributed by atoms with Gasteiger partial charge in [0, 0.05) is 29.5 Å². The van der Waals surface area contributed by atoms with Crippen molar-refractivity contribution in [1.82, 2.24) is 19.9 Å². The standard InChI is InChI=1S/C11H10N4/c1-7-4-12-5-9(7)10-8-2-3-13-11(8)15-6-14-10/h2-6,12H,1H3,(H,13,14,15). The molecule has 4 heteroatoms. The van der Waals surface area contributed by atoms with Crippen LogP contribution in [-0.2, 0) is 0 Å². The van der Waals surface area contributed by atoms with Gasteiger partial charge in [0.15, 0.2) is 0 Å². The molecule has 0 aliphatic rings. The number of hydrogen-bond donors (Lipinski definition) is 2. The van der Waals surface area contributed by atoms with Crippen molar-refractivity contribution in [3.63, 3.8) is 0 Å². The fourth-order valence-electron chi connectivity index (χ4n) is 1.78. The minimum Gasteiger partial charge on any atom is -0.367 e. The van der Waals surface area contributed by atoms with Crippen LogP contribution in [0.3, 0.4) is 0 Å². The molecule has 0 atom stereocenters. The van der Waals surface area contributed by atoms with Crippen molar-refractivity contribution in [2.24, 2.45) is 0 Å². The summed E-state index contributed by atoms with van der Waals surface area (Å²) in [5.41, 5.74) is 4.17. The maximum Gasteiger partial charge on any atom is 0.141 e. The second-order valence-electron chi connectivity index (χ2n) is 3.51. The van der Waals surface area contributed by atoms with Gasteiger partial charge in [0.1, 0.15) is 12.0 Å². The van der Waals surface area contributed by atoms with Crippen LogP contribution in [0.15, 0.2) is 31.0 Å². The number of nitrogens with zero attached hydrogens (tertiary/aromatic N) is 2. The molecule has 0 saturated heterocycles. The van der Waals surface area contributed by atoms with Crippen LogP contribution in [0.4, 0.5) is 0 Å². The third kappa shape index (κ3) is 1.15. The lowest BCUT2D eigenvalue weighted by Crippen LogP contribution is -1.86. The first-order valence-electron chi connectivity index (χ1n) is 4.78. The summed E-state index contributed by atoms with van der Waals surface area (Å²) in [6.07, 6.45) is 7.39. The van der Waals surface area contributed by atoms with Gasteiger partial charge in [0.05, 0.1) is 5.69 Å². The molecule has 3 aromatic rings. The molecular weight excluding hydrogens is 188 g/mol. The van der Waals surface area contributed by atoms with Crippen molar-refractivity contribution in [1.29, 1.82) is 0 Å². The average molecular weight is 198 g/mol. The Morgan fingerprint density at radius 2 is 2.13 bits per heavy atom. The van der Waals surface area contributed by atoms with Gasteiger partial charge in [-0.15, -0.1) is 0 Å². The molecule has 0 bridgehead atoms. The highest BCUT2D eigenvalue weighted by atomic mass is 14.9. The highest BCUT2D eigenvalue weighted by Gasteiger charge is 2.09. The summed E-state index contributed by atoms with van der Waals surface area (Å²) in [4.78, 5) is 14.7. The van der Waals surface area contributed by atoms with Crippen LogP contribution in [0.2, 0.25) is 0 Å². The summed E-state index contributed by atoms with van der Waals surface area (Å²) >= 11 is 0. The van der Waals surface area contributed by atoms with E-state index in [0.717, 1.165) is 22.3 Å². The van der Waals surface area contributed by atoms with Crippen LogP contribution in [0.5, 0.6) is 0 Å². The van der Waals surface area contributed by atoms with Crippen LogP contribution in [0.1, 0.15) is 5.56 Å². The Bertz CT molecular complexity index is 606. The molecule has 0 spiro atoms. The van der Waals surface area contributed by atoms with E-state index in [1.807, 2.05) is 24.7 Å². The first kappa shape index (κ1) is 8.23. The molecule has 2 N–H and O–H groups in total. The first-order valence-corrected chi connectivity index (χ1v) is 4.78. The lowest BCUT2D eigenvalue weighted by molar-refractivity contribution is 1.20. The van der Waals surface area contributed by atoms with Crippen molar-refractivity contribution < 1.29 is 0 Å². The summed E-state index contributed by atoms with van der Waals surface area (Å²) in [5, 5.41) is 1.06. The summed E-state index contributed by atoms with van der Waals surface area (Å²) in [6, 6.07) is 2.00. The van der Waals surface area contributed by atoms with Crippen molar-refractivity contribution in [2.75, 3.05) is 0 Å². The first-order chi connectivity index (χ1) is 7.36. The van der Waals surface area contributed by atoms with Crippen LogP contribution in [-0.4, -0.2) is 19.9 Å². The van der Waals surface area contributed by atoms with Gasteiger partial charge in [-0.1, -0.05) is 0 Å². The predicted octanol–water partition coefficient (Wildman–Crippen LogP) is 2.26. The molecule has 3 heterocycles. The number of aromatic nitrogens is 4. The average Bonchev–Trinajstić information content (AvgIpc) is 2.85. The van der Waals surface area contributed by atoms with E-state index in [-0.39, 0.29) is 0 Å². The number of nitrogens with one attached hydrogen (secondary N) is 2. The molecule has 0 unspecified atom stereocenters. The van der Waals surface area contributed by atoms with Crippen LogP contribution >= 0.6 is 0 Å². The van der Waals surface area contributed by atoms with Crippen LogP contribution in [0, 0.1) is 6.92 Å². The Morgan fingerprint density at radius 1 is 1.20 bits per heavy atom. The van der Waals surface area contributed by atoms with Crippen molar-refractivity contribution in [3.05, 3.63) is 36.5 Å². The molecule has 15 heavy (non-hydrogen) atoms. The molecule has 0 saturated carbocycles. The highest BCUT2D eigenvalue weighted by Crippen LogP contribution is 2.26. The second kappa shape index (κ2) is 2.95. The Kier molecular flexibility index (Phi) is 1.62. The third-order valence-corrected chi connectivity index (χ3v) is 2.56. The molecule has 3 rings (SSSR count). The molecule has 0 aromatic carbocycles. The van der Waals surface area contributed by atoms with Gasteiger partial charge in [0.2, 0.25) is 0 Å². The lowest BCUT2D eigenvalue weighted by atomic mass is 10.1. The van der Waals surface area contributed by atoms with Crippen LogP contribution < -0.4 is 0 Å². The normalized spacial score (nSPS) is 11.0. The van der Waals surface area contributed by atoms with Crippen molar-refractivity contribution in [2.45, 2.75) is 6.92 Å². The smallest absolute Gasteiger partial charge is 0.141 e. The minimum absolute atomic E-state index is 0.876. The number of aryl methyl sites for hydroxylation is 1. The van der Waals surface area contributed by atoms with Gasteiger partial charge in [-0.3, -0.25) is 0 Å². The van der Waals surface area contributed by atoms with E-state index in [9.17, 15) is 0 Å². The molecular formula is C11H10N4. The topological polar surface area (TPSA) is 57.4 Å². The summed E-state index contributed by atoms with van der Waals surface area (Å²) < 4.78 is 0. The minimum atomic E-state index is 0.876. The zero-order valence-electron chi connectivity index (χ0n) is 8.28. The van der Waals surface area contributed by atoms with Crippen molar-refractivity contribution in [3.8, 4) is 11.3 Å². The Labute approximate surface area is 86.4 Å². The molecule has 0 amide bonds. The third-order valence-electron chi connectivity index (χ3n) is 2.56. The molecule has 0 aliphatic carbocycles. The highest BCUT2D eigenvalue weighted by molar-refractivity contribution is 5.91. The predicted molar refractivity (Wildman–Crippen MR) is 58.4 cm³/mol. The molecule has 0 radical (unpaired) electrons. The Morgan fingerprint density at radius 3 is 2.93 bits per heavy atom. The molecule has 3 aromatic heterocycles. The summed E-state index contributed by atoms with van der Waals surface area (Å²) in [6.45, 7) is 2.06. The fraction of sp³-hybridized carbons (Fsp3) is 0.0909. The zero-order chi connectivity index (χ0) is 10.3. The molecule has 4 nitrogen and oxygen atoms in total. The number of H-pyrrole nitrogens is 2. The number of rotatable bonds is 1. The second-order valence-corrected chi connectivity index (χ2v) is 3.51. The lowest BCUT2D eigenvalue weighted by Gasteiger charge is -2.00. The van der Waals surface area contributed by atoms with E-state index in [1.54, 1.807) is 6.33 Å². The fourth-order valence-corrected chi connectivity index (χ4v) is 1.78. The van der Waals surface area contributed by atoms with E-state index in [4.69, 9.17) is 0 Å². The summed E-state index contributed by atoms with van der Waals surface area (Å²) in [5.74, 6) is 0. The number of hydrogen-bond acceptors (Lipinski definition) is 2. The quantitative estimate of drug-likeness (QED) is 0.630. The monoisotopic (exact) mass is 198 g/mol. The maximum absolute atomic E-state index is 4.33. The van der Waals surface area contributed by atoms with Crippen molar-refractivity contribution >= 4 is 11.0 Å². The molecule has 74 valence electrons. The number of fused-ring (bicyclic) bond motifs is 1. The SMILES string of the molecule is Cc1c[nH]cc1-c1ncnc2[nH]ccc12. The van der Waals surface area contributed by atoms with Gasteiger partial charge < -0.3 is 9.97 Å². The van der Waals surface area contributed by atoms with Gasteiger partial charge in [-0.05, 0) is 18.6 Å². The van der Waals surface area contributed by atoms with Gasteiger partial charge >= 0.3 is 0 Å². The largest absolute Gasteiger partial charge is 0.367 e. The van der Waals surface area contributed by atoms with Crippen LogP contribution in [0.25, 0.3) is 22.3 Å². The van der Waals surface area contributed by atoms with E-state index < -0.39 is 0 Å². The van der Waals surface area contributed by atoms with E-state index >= 15 is 0 Å². The number of aromatic amines is 2. The molecule has 0 fully saturated rings. The van der Waals surface area contributed by atoms with Gasteiger partial charge in [-0.25, -0.2) is 9.97 Å². The van der Waals surface area contributed by atoms with Gasteiger partial charge in [-0.2, -0.15) is 0 Å². The van der Waals surface area contributed by atoms with Gasteiger partial charge in [0.25, 0.3) is 0 Å².